The van der Waals surface area contributed by atoms with Gasteiger partial charge in [-0.1, -0.05) is 12.8 Å². The summed E-state index contributed by atoms with van der Waals surface area (Å²) in [6.07, 6.45) is 4.53. The summed E-state index contributed by atoms with van der Waals surface area (Å²) >= 11 is 1.65. The number of nitriles is 1. The van der Waals surface area contributed by atoms with Gasteiger partial charge in [-0.05, 0) is 31.0 Å². The topological polar surface area (TPSA) is 48.7 Å². The van der Waals surface area contributed by atoms with E-state index >= 15 is 0 Å². The maximum atomic E-state index is 9.18. The summed E-state index contributed by atoms with van der Waals surface area (Å²) in [5.41, 5.74) is 4.03. The molecule has 1 heterocycles. The summed E-state index contributed by atoms with van der Waals surface area (Å²) < 4.78 is 1.20. The molecule has 2 unspecified atom stereocenters. The van der Waals surface area contributed by atoms with Crippen LogP contribution in [0, 0.1) is 17.2 Å². The molecule has 1 N–H and O–H groups in total. The minimum atomic E-state index is 0.149. The number of benzene rings is 1. The Hall–Kier alpha value is -1.60. The quantitative estimate of drug-likeness (QED) is 0.890. The third-order valence-corrected chi connectivity index (χ3v) is 4.41. The molecule has 0 bridgehead atoms. The van der Waals surface area contributed by atoms with Gasteiger partial charge in [0.25, 0.3) is 0 Å². The maximum Gasteiger partial charge on any atom is 0.0813 e. The zero-order valence-corrected chi connectivity index (χ0v) is 10.9. The zero-order valence-electron chi connectivity index (χ0n) is 10.1. The number of rotatable bonds is 2. The third-order valence-electron chi connectivity index (χ3n) is 3.62. The average Bonchev–Trinajstić information content (AvgIpc) is 2.87. The van der Waals surface area contributed by atoms with Gasteiger partial charge in [-0.3, -0.25) is 0 Å². The molecule has 0 radical (unpaired) electrons. The van der Waals surface area contributed by atoms with Gasteiger partial charge in [-0.2, -0.15) is 5.26 Å². The second kappa shape index (κ2) is 4.95. The van der Waals surface area contributed by atoms with E-state index in [1.165, 1.54) is 17.5 Å². The van der Waals surface area contributed by atoms with E-state index in [2.05, 4.69) is 28.5 Å². The van der Waals surface area contributed by atoms with Crippen LogP contribution >= 0.6 is 11.3 Å². The Morgan fingerprint density at radius 3 is 3.11 bits per heavy atom. The van der Waals surface area contributed by atoms with Gasteiger partial charge in [0.15, 0.2) is 0 Å². The lowest BCUT2D eigenvalue weighted by Gasteiger charge is -2.28. The summed E-state index contributed by atoms with van der Waals surface area (Å²) in [5.74, 6) is 0.149. The molecule has 1 aliphatic rings. The summed E-state index contributed by atoms with van der Waals surface area (Å²) in [7, 11) is 0. The van der Waals surface area contributed by atoms with Crippen LogP contribution in [0.3, 0.4) is 0 Å². The van der Waals surface area contributed by atoms with Crippen LogP contribution < -0.4 is 5.32 Å². The van der Waals surface area contributed by atoms with Crippen LogP contribution in [0.2, 0.25) is 0 Å². The number of hydrogen-bond acceptors (Lipinski definition) is 4. The van der Waals surface area contributed by atoms with Crippen LogP contribution in [0.15, 0.2) is 23.7 Å². The van der Waals surface area contributed by atoms with Gasteiger partial charge in [0.05, 0.1) is 27.7 Å². The first kappa shape index (κ1) is 11.5. The highest BCUT2D eigenvalue weighted by Crippen LogP contribution is 2.28. The highest BCUT2D eigenvalue weighted by molar-refractivity contribution is 7.16. The Kier molecular flexibility index (Phi) is 3.16. The van der Waals surface area contributed by atoms with Crippen LogP contribution in [-0.2, 0) is 0 Å². The minimum Gasteiger partial charge on any atom is -0.381 e. The predicted molar refractivity (Wildman–Crippen MR) is 74.6 cm³/mol. The number of nitrogens with one attached hydrogen (secondary N) is 1. The molecule has 1 aromatic carbocycles. The molecular formula is C14H15N3S. The highest BCUT2D eigenvalue weighted by Gasteiger charge is 2.24. The van der Waals surface area contributed by atoms with Gasteiger partial charge < -0.3 is 5.32 Å². The standard InChI is InChI=1S/C14H15N3S/c15-8-10-3-1-2-4-12(10)17-11-5-6-13-14(7-11)18-9-16-13/h5-7,9-10,12,17H,1-4H2. The van der Waals surface area contributed by atoms with Gasteiger partial charge in [0.2, 0.25) is 0 Å². The van der Waals surface area contributed by atoms with Crippen molar-refractivity contribution in [2.75, 3.05) is 5.32 Å². The summed E-state index contributed by atoms with van der Waals surface area (Å²) in [6.45, 7) is 0. The summed E-state index contributed by atoms with van der Waals surface area (Å²) in [4.78, 5) is 4.28. The van der Waals surface area contributed by atoms with E-state index in [0.29, 0.717) is 6.04 Å². The second-order valence-corrected chi connectivity index (χ2v) is 5.69. The first-order valence-electron chi connectivity index (χ1n) is 6.36. The fourth-order valence-corrected chi connectivity index (χ4v) is 3.33. The Balaban J connectivity index is 1.80. The number of anilines is 1. The van der Waals surface area contributed by atoms with E-state index < -0.39 is 0 Å². The fourth-order valence-electron chi connectivity index (χ4n) is 2.62. The van der Waals surface area contributed by atoms with E-state index in [4.69, 9.17) is 0 Å². The normalized spacial score (nSPS) is 23.7. The lowest BCUT2D eigenvalue weighted by molar-refractivity contribution is 0.389. The maximum absolute atomic E-state index is 9.18. The minimum absolute atomic E-state index is 0.149. The van der Waals surface area contributed by atoms with Crippen molar-refractivity contribution in [3.8, 4) is 6.07 Å². The average molecular weight is 257 g/mol. The summed E-state index contributed by atoms with van der Waals surface area (Å²) in [5, 5.41) is 12.7. The van der Waals surface area contributed by atoms with Gasteiger partial charge in [0.1, 0.15) is 0 Å². The first-order valence-corrected chi connectivity index (χ1v) is 7.24. The van der Waals surface area contributed by atoms with Crippen LogP contribution in [-0.4, -0.2) is 11.0 Å². The second-order valence-electron chi connectivity index (χ2n) is 4.81. The van der Waals surface area contributed by atoms with Gasteiger partial charge in [0, 0.05) is 11.7 Å². The van der Waals surface area contributed by atoms with Crippen LogP contribution in [0.1, 0.15) is 25.7 Å². The molecule has 0 saturated heterocycles. The smallest absolute Gasteiger partial charge is 0.0813 e. The van der Waals surface area contributed by atoms with Crippen molar-refractivity contribution in [1.82, 2.24) is 4.98 Å². The van der Waals surface area contributed by atoms with Crippen molar-refractivity contribution in [2.24, 2.45) is 5.92 Å². The molecular weight excluding hydrogens is 242 g/mol. The molecule has 3 rings (SSSR count). The monoisotopic (exact) mass is 257 g/mol. The van der Waals surface area contributed by atoms with E-state index in [0.717, 1.165) is 24.0 Å². The van der Waals surface area contributed by atoms with Crippen molar-refractivity contribution in [2.45, 2.75) is 31.7 Å². The lowest BCUT2D eigenvalue weighted by atomic mass is 9.85. The molecule has 1 aromatic heterocycles. The molecule has 18 heavy (non-hydrogen) atoms. The van der Waals surface area contributed by atoms with Gasteiger partial charge in [-0.25, -0.2) is 4.98 Å². The largest absolute Gasteiger partial charge is 0.381 e. The van der Waals surface area contributed by atoms with Crippen molar-refractivity contribution in [3.05, 3.63) is 23.7 Å². The molecule has 3 nitrogen and oxygen atoms in total. The highest BCUT2D eigenvalue weighted by atomic mass is 32.1. The molecule has 4 heteroatoms. The number of hydrogen-bond donors (Lipinski definition) is 1. The van der Waals surface area contributed by atoms with Crippen molar-refractivity contribution >= 4 is 27.2 Å². The van der Waals surface area contributed by atoms with E-state index in [9.17, 15) is 5.26 Å². The Morgan fingerprint density at radius 2 is 2.22 bits per heavy atom. The molecule has 0 spiro atoms. The first-order chi connectivity index (χ1) is 8.86. The zero-order chi connectivity index (χ0) is 12.4. The van der Waals surface area contributed by atoms with Crippen LogP contribution in [0.5, 0.6) is 0 Å². The molecule has 0 amide bonds. The van der Waals surface area contributed by atoms with E-state index in [1.54, 1.807) is 11.3 Å². The van der Waals surface area contributed by atoms with Crippen LogP contribution in [0.25, 0.3) is 10.2 Å². The number of thiazole rings is 1. The van der Waals surface area contributed by atoms with Gasteiger partial charge in [-0.15, -0.1) is 11.3 Å². The van der Waals surface area contributed by atoms with Crippen molar-refractivity contribution in [3.63, 3.8) is 0 Å². The molecule has 1 fully saturated rings. The number of aromatic nitrogens is 1. The molecule has 1 aliphatic carbocycles. The van der Waals surface area contributed by atoms with Gasteiger partial charge >= 0.3 is 0 Å². The summed E-state index contributed by atoms with van der Waals surface area (Å²) in [6, 6.07) is 8.97. The van der Waals surface area contributed by atoms with Crippen molar-refractivity contribution < 1.29 is 0 Å². The molecule has 2 atom stereocenters. The number of nitrogens with zero attached hydrogens (tertiary/aromatic N) is 2. The molecule has 1 saturated carbocycles. The Morgan fingerprint density at radius 1 is 1.33 bits per heavy atom. The molecule has 2 aromatic rings. The predicted octanol–water partition coefficient (Wildman–Crippen LogP) is 3.79. The SMILES string of the molecule is N#CC1CCCCC1Nc1ccc2ncsc2c1. The fraction of sp³-hybridized carbons (Fsp3) is 0.429. The van der Waals surface area contributed by atoms with E-state index in [1.807, 2.05) is 11.6 Å². The van der Waals surface area contributed by atoms with Crippen LogP contribution in [0.4, 0.5) is 5.69 Å². The third kappa shape index (κ3) is 2.19. The van der Waals surface area contributed by atoms with Crippen molar-refractivity contribution in [1.29, 1.82) is 5.26 Å². The van der Waals surface area contributed by atoms with E-state index in [-0.39, 0.29) is 5.92 Å². The Labute approximate surface area is 110 Å². The number of fused-ring (bicyclic) bond motifs is 1. The molecule has 92 valence electrons. The lowest BCUT2D eigenvalue weighted by Crippen LogP contribution is -2.31. The molecule has 0 aliphatic heterocycles. The Bertz CT molecular complexity index is 584.